The molecule has 3 rings (SSSR count). The molecule has 0 saturated carbocycles. The maximum absolute atomic E-state index is 12.6. The third-order valence-electron chi connectivity index (χ3n) is 3.53. The third-order valence-corrected chi connectivity index (χ3v) is 5.33. The first-order chi connectivity index (χ1) is 10.6. The van der Waals surface area contributed by atoms with Crippen molar-refractivity contribution in [2.24, 2.45) is 0 Å². The molecule has 0 unspecified atom stereocenters. The van der Waals surface area contributed by atoms with Gasteiger partial charge in [0.1, 0.15) is 13.2 Å². The van der Waals surface area contributed by atoms with Gasteiger partial charge < -0.3 is 4.74 Å². The van der Waals surface area contributed by atoms with E-state index in [0.717, 1.165) is 9.69 Å². The van der Waals surface area contributed by atoms with E-state index in [-0.39, 0.29) is 18.0 Å². The maximum Gasteiger partial charge on any atom is 0.327 e. The van der Waals surface area contributed by atoms with Crippen LogP contribution in [0, 0.1) is 0 Å². The summed E-state index contributed by atoms with van der Waals surface area (Å²) in [7, 11) is -3.71. The molecule has 6 heteroatoms. The highest BCUT2D eigenvalue weighted by Gasteiger charge is 2.36. The number of allylic oxidation sites excluding steroid dienone is 1. The van der Waals surface area contributed by atoms with Crippen LogP contribution >= 0.6 is 0 Å². The third kappa shape index (κ3) is 2.25. The zero-order chi connectivity index (χ0) is 15.7. The van der Waals surface area contributed by atoms with Gasteiger partial charge in [-0.3, -0.25) is 9.10 Å². The number of nitrogens with zero attached hydrogens (tertiary/aromatic N) is 1. The van der Waals surface area contributed by atoms with Gasteiger partial charge >= 0.3 is 5.97 Å². The van der Waals surface area contributed by atoms with Crippen LogP contribution in [0.3, 0.4) is 0 Å². The minimum Gasteiger partial charge on any atom is -0.460 e. The second-order valence-electron chi connectivity index (χ2n) is 4.90. The lowest BCUT2D eigenvalue weighted by atomic mass is 10.1. The largest absolute Gasteiger partial charge is 0.460 e. The van der Waals surface area contributed by atoms with Crippen LogP contribution in [-0.4, -0.2) is 27.5 Å². The molecular weight excluding hydrogens is 302 g/mol. The molecule has 5 nitrogen and oxygen atoms in total. The fraction of sp³-hybridized carbons (Fsp3) is 0.188. The maximum atomic E-state index is 12.6. The molecular formula is C16H15NO4S. The lowest BCUT2D eigenvalue weighted by Crippen LogP contribution is -2.33. The summed E-state index contributed by atoms with van der Waals surface area (Å²) in [5.74, 6) is -0.577. The fourth-order valence-electron chi connectivity index (χ4n) is 2.53. The van der Waals surface area contributed by atoms with E-state index in [1.807, 2.05) is 19.1 Å². The molecule has 114 valence electrons. The Morgan fingerprint density at radius 1 is 1.23 bits per heavy atom. The summed E-state index contributed by atoms with van der Waals surface area (Å²) >= 11 is 0. The van der Waals surface area contributed by atoms with Gasteiger partial charge in [-0.05, 0) is 24.4 Å². The summed E-state index contributed by atoms with van der Waals surface area (Å²) < 4.78 is 31.4. The van der Waals surface area contributed by atoms with E-state index >= 15 is 0 Å². The van der Waals surface area contributed by atoms with Gasteiger partial charge in [0.15, 0.2) is 0 Å². The number of hydrogen-bond acceptors (Lipinski definition) is 4. The Kier molecular flexibility index (Phi) is 3.62. The van der Waals surface area contributed by atoms with Crippen LogP contribution in [0.2, 0.25) is 0 Å². The molecule has 1 aliphatic rings. The second-order valence-corrected chi connectivity index (χ2v) is 6.73. The molecule has 0 aliphatic carbocycles. The van der Waals surface area contributed by atoms with Gasteiger partial charge in [0.2, 0.25) is 0 Å². The van der Waals surface area contributed by atoms with Crippen molar-refractivity contribution in [2.45, 2.75) is 11.8 Å². The second kappa shape index (κ2) is 5.46. The molecule has 22 heavy (non-hydrogen) atoms. The molecule has 0 bridgehead atoms. The van der Waals surface area contributed by atoms with E-state index in [1.165, 1.54) is 0 Å². The monoisotopic (exact) mass is 317 g/mol. The summed E-state index contributed by atoms with van der Waals surface area (Å²) in [6.07, 6.45) is 3.45. The van der Waals surface area contributed by atoms with Gasteiger partial charge in [-0.1, -0.05) is 36.4 Å². The Hall–Kier alpha value is -2.34. The lowest BCUT2D eigenvalue weighted by Gasteiger charge is -2.17. The summed E-state index contributed by atoms with van der Waals surface area (Å²) in [5.41, 5.74) is 0.524. The fourth-order valence-corrected chi connectivity index (χ4v) is 4.18. The van der Waals surface area contributed by atoms with Crippen molar-refractivity contribution in [3.05, 3.63) is 48.6 Å². The van der Waals surface area contributed by atoms with Crippen molar-refractivity contribution in [1.29, 1.82) is 0 Å². The van der Waals surface area contributed by atoms with Gasteiger partial charge in [-0.2, -0.15) is 0 Å². The number of benzene rings is 2. The topological polar surface area (TPSA) is 63.7 Å². The molecule has 0 saturated heterocycles. The Bertz CT molecular complexity index is 866. The van der Waals surface area contributed by atoms with E-state index < -0.39 is 16.0 Å². The van der Waals surface area contributed by atoms with Crippen molar-refractivity contribution >= 4 is 32.5 Å². The summed E-state index contributed by atoms with van der Waals surface area (Å²) in [4.78, 5) is 12.1. The Labute approximate surface area is 128 Å². The van der Waals surface area contributed by atoms with Crippen LogP contribution in [0.25, 0.3) is 10.8 Å². The average molecular weight is 317 g/mol. The van der Waals surface area contributed by atoms with Crippen LogP contribution in [0.5, 0.6) is 0 Å². The minimum absolute atomic E-state index is 0.139. The van der Waals surface area contributed by atoms with E-state index in [9.17, 15) is 13.2 Å². The number of anilines is 1. The van der Waals surface area contributed by atoms with Crippen LogP contribution in [0.15, 0.2) is 53.4 Å². The van der Waals surface area contributed by atoms with Crippen LogP contribution in [0.4, 0.5) is 5.69 Å². The zero-order valence-corrected chi connectivity index (χ0v) is 12.8. The molecule has 1 aliphatic heterocycles. The molecule has 0 N–H and O–H groups in total. The van der Waals surface area contributed by atoms with Crippen molar-refractivity contribution in [3.63, 3.8) is 0 Å². The van der Waals surface area contributed by atoms with Gasteiger partial charge in [-0.25, -0.2) is 8.42 Å². The van der Waals surface area contributed by atoms with Crippen molar-refractivity contribution in [2.75, 3.05) is 17.5 Å². The van der Waals surface area contributed by atoms with E-state index in [2.05, 4.69) is 0 Å². The Morgan fingerprint density at radius 3 is 2.68 bits per heavy atom. The predicted molar refractivity (Wildman–Crippen MR) is 84.3 cm³/mol. The molecule has 0 aromatic heterocycles. The predicted octanol–water partition coefficient (Wildman–Crippen LogP) is 2.47. The van der Waals surface area contributed by atoms with Gasteiger partial charge in [-0.15, -0.1) is 0 Å². The van der Waals surface area contributed by atoms with Crippen LogP contribution < -0.4 is 4.31 Å². The number of esters is 1. The molecule has 2 aromatic rings. The summed E-state index contributed by atoms with van der Waals surface area (Å²) in [6, 6.07) is 10.5. The van der Waals surface area contributed by atoms with E-state index in [4.69, 9.17) is 4.74 Å². The molecule has 0 spiro atoms. The minimum atomic E-state index is -3.71. The molecule has 1 heterocycles. The average Bonchev–Trinajstić information content (AvgIpc) is 2.71. The SMILES string of the molecule is C/C=C/COC(=O)CN1c2cccc3cccc(c23)S1(=O)=O. The normalized spacial score (nSPS) is 15.6. The van der Waals surface area contributed by atoms with E-state index in [1.54, 1.807) is 36.4 Å². The highest BCUT2D eigenvalue weighted by atomic mass is 32.2. The number of carbonyl (C=O) groups excluding carboxylic acids is 1. The Balaban J connectivity index is 1.97. The molecule has 0 atom stereocenters. The van der Waals surface area contributed by atoms with Crippen LogP contribution in [0.1, 0.15) is 6.92 Å². The van der Waals surface area contributed by atoms with E-state index in [0.29, 0.717) is 11.1 Å². The highest BCUT2D eigenvalue weighted by molar-refractivity contribution is 7.93. The highest BCUT2D eigenvalue weighted by Crippen LogP contribution is 2.41. The zero-order valence-electron chi connectivity index (χ0n) is 12.0. The first-order valence-corrected chi connectivity index (χ1v) is 8.31. The smallest absolute Gasteiger partial charge is 0.327 e. The summed E-state index contributed by atoms with van der Waals surface area (Å²) in [5, 5.41) is 1.50. The number of hydrogen-bond donors (Lipinski definition) is 0. The molecule has 2 aromatic carbocycles. The van der Waals surface area contributed by atoms with Crippen molar-refractivity contribution in [3.8, 4) is 0 Å². The molecule has 0 fully saturated rings. The van der Waals surface area contributed by atoms with Gasteiger partial charge in [0, 0.05) is 5.39 Å². The first kappa shape index (κ1) is 14.6. The number of sulfonamides is 1. The van der Waals surface area contributed by atoms with Crippen molar-refractivity contribution < 1.29 is 17.9 Å². The van der Waals surface area contributed by atoms with Gasteiger partial charge in [0.25, 0.3) is 10.0 Å². The molecule has 0 amide bonds. The molecule has 0 radical (unpaired) electrons. The van der Waals surface area contributed by atoms with Gasteiger partial charge in [0.05, 0.1) is 10.6 Å². The van der Waals surface area contributed by atoms with Crippen LogP contribution in [-0.2, 0) is 19.6 Å². The number of carbonyl (C=O) groups is 1. The number of rotatable bonds is 4. The Morgan fingerprint density at radius 2 is 1.95 bits per heavy atom. The standard InChI is InChI=1S/C16H15NO4S/c1-2-3-10-21-15(18)11-17-13-8-4-6-12-7-5-9-14(16(12)13)22(17,19)20/h2-9H,10-11H2,1H3/b3-2+. The number of ether oxygens (including phenoxy) is 1. The lowest BCUT2D eigenvalue weighted by molar-refractivity contribution is -0.140. The van der Waals surface area contributed by atoms with Crippen molar-refractivity contribution in [1.82, 2.24) is 0 Å². The first-order valence-electron chi connectivity index (χ1n) is 6.87. The quantitative estimate of drug-likeness (QED) is 0.642. The summed E-state index contributed by atoms with van der Waals surface area (Å²) in [6.45, 7) is 1.63.